The zero-order valence-corrected chi connectivity index (χ0v) is 19.1. The number of nitrogens with one attached hydrogen (secondary N) is 2. The lowest BCUT2D eigenvalue weighted by Crippen LogP contribution is -2.45. The minimum atomic E-state index is -0.344. The lowest BCUT2D eigenvalue weighted by molar-refractivity contribution is 0.0243. The van der Waals surface area contributed by atoms with Gasteiger partial charge in [0.1, 0.15) is 11.6 Å². The third-order valence-corrected chi connectivity index (χ3v) is 4.51. The molecule has 1 aromatic heterocycles. The minimum Gasteiger partial charge on any atom is -0.439 e. The molecule has 0 aliphatic carbocycles. The van der Waals surface area contributed by atoms with Gasteiger partial charge in [0.2, 0.25) is 5.88 Å². The smallest absolute Gasteiger partial charge is 0.219 e. The highest BCUT2D eigenvalue weighted by molar-refractivity contribution is 14.0. The van der Waals surface area contributed by atoms with Crippen LogP contribution in [0.3, 0.4) is 0 Å². The van der Waals surface area contributed by atoms with Crippen molar-refractivity contribution in [2.75, 3.05) is 19.7 Å². The van der Waals surface area contributed by atoms with E-state index in [0.29, 0.717) is 18.2 Å². The Hall–Kier alpha value is -1.94. The van der Waals surface area contributed by atoms with Gasteiger partial charge in [-0.05, 0) is 44.4 Å². The van der Waals surface area contributed by atoms with Crippen molar-refractivity contribution >= 4 is 29.9 Å². The van der Waals surface area contributed by atoms with Crippen LogP contribution in [0.5, 0.6) is 11.6 Å². The Balaban J connectivity index is 0.00000300. The van der Waals surface area contributed by atoms with Gasteiger partial charge in [0.25, 0.3) is 0 Å². The molecule has 2 N–H and O–H groups in total. The van der Waals surface area contributed by atoms with Gasteiger partial charge < -0.3 is 20.1 Å². The predicted octanol–water partition coefficient (Wildman–Crippen LogP) is 4.26. The van der Waals surface area contributed by atoms with Gasteiger partial charge in [0.15, 0.2) is 5.96 Å². The highest BCUT2D eigenvalue weighted by Gasteiger charge is 2.29. The largest absolute Gasteiger partial charge is 0.439 e. The summed E-state index contributed by atoms with van der Waals surface area (Å²) in [4.78, 5) is 8.88. The van der Waals surface area contributed by atoms with Crippen molar-refractivity contribution < 1.29 is 13.9 Å². The van der Waals surface area contributed by atoms with Crippen LogP contribution in [-0.2, 0) is 11.3 Å². The Morgan fingerprint density at radius 2 is 2.17 bits per heavy atom. The molecule has 0 radical (unpaired) electrons. The maximum absolute atomic E-state index is 13.2. The fourth-order valence-corrected chi connectivity index (χ4v) is 2.98. The van der Waals surface area contributed by atoms with Gasteiger partial charge >= 0.3 is 0 Å². The number of aromatic nitrogens is 1. The van der Waals surface area contributed by atoms with E-state index in [0.717, 1.165) is 44.1 Å². The second kappa shape index (κ2) is 11.3. The van der Waals surface area contributed by atoms with Crippen molar-refractivity contribution in [1.29, 1.82) is 0 Å². The Kier molecular flexibility index (Phi) is 9.09. The zero-order valence-electron chi connectivity index (χ0n) is 16.8. The Morgan fingerprint density at radius 1 is 1.31 bits per heavy atom. The molecule has 1 saturated heterocycles. The first-order chi connectivity index (χ1) is 13.6. The van der Waals surface area contributed by atoms with Gasteiger partial charge in [-0.15, -0.1) is 24.0 Å². The van der Waals surface area contributed by atoms with Gasteiger partial charge in [-0.2, -0.15) is 0 Å². The van der Waals surface area contributed by atoms with E-state index in [2.05, 4.69) is 27.5 Å². The Bertz CT molecular complexity index is 796. The van der Waals surface area contributed by atoms with Crippen molar-refractivity contribution in [3.63, 3.8) is 0 Å². The van der Waals surface area contributed by atoms with Crippen molar-refractivity contribution in [1.82, 2.24) is 15.6 Å². The summed E-state index contributed by atoms with van der Waals surface area (Å²) in [5, 5.41) is 6.60. The normalized spacial score (nSPS) is 18.8. The summed E-state index contributed by atoms with van der Waals surface area (Å²) in [6.07, 6.45) is 3.86. The molecule has 3 rings (SSSR count). The average Bonchev–Trinajstić information content (AvgIpc) is 3.12. The maximum atomic E-state index is 13.2. The van der Waals surface area contributed by atoms with Gasteiger partial charge in [-0.1, -0.05) is 12.1 Å². The van der Waals surface area contributed by atoms with E-state index in [1.165, 1.54) is 12.1 Å². The molecule has 8 heteroatoms. The van der Waals surface area contributed by atoms with Crippen LogP contribution in [0, 0.1) is 5.82 Å². The van der Waals surface area contributed by atoms with Crippen LogP contribution >= 0.6 is 24.0 Å². The minimum absolute atomic E-state index is 0. The molecular weight excluding hydrogens is 486 g/mol. The molecule has 2 heterocycles. The molecule has 1 aromatic carbocycles. The second-order valence-electron chi connectivity index (χ2n) is 7.01. The summed E-state index contributed by atoms with van der Waals surface area (Å²) in [6, 6.07) is 9.63. The molecule has 158 valence electrons. The van der Waals surface area contributed by atoms with Gasteiger partial charge in [0, 0.05) is 38.0 Å². The lowest BCUT2D eigenvalue weighted by atomic mass is 10.0. The van der Waals surface area contributed by atoms with E-state index in [1.54, 1.807) is 24.4 Å². The Morgan fingerprint density at radius 3 is 2.83 bits per heavy atom. The number of aliphatic imine (C=N–C) groups is 1. The number of nitrogens with zero attached hydrogens (tertiary/aromatic N) is 2. The van der Waals surface area contributed by atoms with Crippen LogP contribution in [0.4, 0.5) is 4.39 Å². The number of hydrogen-bond donors (Lipinski definition) is 2. The molecule has 1 aliphatic heterocycles. The third kappa shape index (κ3) is 7.43. The number of guanidine groups is 1. The summed E-state index contributed by atoms with van der Waals surface area (Å²) in [5.41, 5.74) is 0.820. The third-order valence-electron chi connectivity index (χ3n) is 4.51. The molecule has 6 nitrogen and oxygen atoms in total. The number of halogens is 2. The molecule has 0 spiro atoms. The predicted molar refractivity (Wildman–Crippen MR) is 123 cm³/mol. The van der Waals surface area contributed by atoms with Crippen LogP contribution in [-0.4, -0.2) is 36.2 Å². The highest BCUT2D eigenvalue weighted by atomic mass is 127. The van der Waals surface area contributed by atoms with Crippen molar-refractivity contribution in [3.8, 4) is 11.6 Å². The first-order valence-electron chi connectivity index (χ1n) is 9.61. The number of ether oxygens (including phenoxy) is 2. The van der Waals surface area contributed by atoms with Gasteiger partial charge in [0.05, 0.1) is 12.1 Å². The highest BCUT2D eigenvalue weighted by Crippen LogP contribution is 2.24. The number of benzene rings is 1. The SMILES string of the molecule is CCNC(=NCc1ccc(Oc2cccc(F)c2)nc1)NCC1(C)CCCO1.I. The van der Waals surface area contributed by atoms with E-state index < -0.39 is 0 Å². The van der Waals surface area contributed by atoms with Crippen LogP contribution in [0.15, 0.2) is 47.6 Å². The van der Waals surface area contributed by atoms with E-state index >= 15 is 0 Å². The number of pyridine rings is 1. The van der Waals surface area contributed by atoms with Crippen molar-refractivity contribution in [3.05, 3.63) is 54.0 Å². The molecule has 29 heavy (non-hydrogen) atoms. The van der Waals surface area contributed by atoms with Crippen LogP contribution in [0.1, 0.15) is 32.3 Å². The molecule has 1 atom stereocenters. The summed E-state index contributed by atoms with van der Waals surface area (Å²) in [5.74, 6) is 1.23. The van der Waals surface area contributed by atoms with E-state index in [4.69, 9.17) is 9.47 Å². The van der Waals surface area contributed by atoms with Gasteiger partial charge in [-0.25, -0.2) is 14.4 Å². The standard InChI is InChI=1S/C21H27FN4O2.HI/c1-3-23-20(26-15-21(2)10-5-11-27-21)25-14-16-8-9-19(24-13-16)28-18-7-4-6-17(22)12-18;/h4,6-9,12-13H,3,5,10-11,14-15H2,1-2H3,(H2,23,25,26);1H. The molecule has 1 unspecified atom stereocenters. The number of hydrogen-bond acceptors (Lipinski definition) is 4. The first kappa shape index (κ1) is 23.3. The monoisotopic (exact) mass is 514 g/mol. The first-order valence-corrected chi connectivity index (χ1v) is 9.61. The lowest BCUT2D eigenvalue weighted by Gasteiger charge is -2.24. The molecule has 0 saturated carbocycles. The van der Waals surface area contributed by atoms with Crippen molar-refractivity contribution in [2.24, 2.45) is 4.99 Å². The van der Waals surface area contributed by atoms with E-state index in [9.17, 15) is 4.39 Å². The van der Waals surface area contributed by atoms with Crippen molar-refractivity contribution in [2.45, 2.75) is 38.8 Å². The van der Waals surface area contributed by atoms with Crippen LogP contribution < -0.4 is 15.4 Å². The molecule has 2 aromatic rings. The number of rotatable bonds is 7. The Labute approximate surface area is 188 Å². The van der Waals surface area contributed by atoms with E-state index in [1.807, 2.05) is 13.0 Å². The fraction of sp³-hybridized carbons (Fsp3) is 0.429. The van der Waals surface area contributed by atoms with Gasteiger partial charge in [-0.3, -0.25) is 0 Å². The molecule has 1 aliphatic rings. The average molecular weight is 514 g/mol. The molecule has 0 amide bonds. The second-order valence-corrected chi connectivity index (χ2v) is 7.01. The summed E-state index contributed by atoms with van der Waals surface area (Å²) < 4.78 is 24.6. The summed E-state index contributed by atoms with van der Waals surface area (Å²) in [6.45, 7) is 6.96. The summed E-state index contributed by atoms with van der Waals surface area (Å²) in [7, 11) is 0. The molecular formula is C21H28FIN4O2. The molecule has 0 bridgehead atoms. The quantitative estimate of drug-likeness (QED) is 0.329. The topological polar surface area (TPSA) is 67.8 Å². The maximum Gasteiger partial charge on any atom is 0.219 e. The molecule has 1 fully saturated rings. The zero-order chi connectivity index (χ0) is 19.8. The van der Waals surface area contributed by atoms with E-state index in [-0.39, 0.29) is 35.4 Å². The van der Waals surface area contributed by atoms with Crippen LogP contribution in [0.2, 0.25) is 0 Å². The fourth-order valence-electron chi connectivity index (χ4n) is 2.98. The van der Waals surface area contributed by atoms with Crippen LogP contribution in [0.25, 0.3) is 0 Å². The summed E-state index contributed by atoms with van der Waals surface area (Å²) >= 11 is 0.